The summed E-state index contributed by atoms with van der Waals surface area (Å²) in [6, 6.07) is 1.22. The van der Waals surface area contributed by atoms with Gasteiger partial charge in [-0.15, -0.1) is 11.8 Å². The molecule has 2 fully saturated rings. The van der Waals surface area contributed by atoms with Crippen LogP contribution in [0.15, 0.2) is 23.3 Å². The largest absolute Gasteiger partial charge is 0.480 e. The average molecular weight is 376 g/mol. The number of fused-ring (bicyclic) bond motifs is 1. The molecular weight excluding hydrogens is 360 g/mol. The number of nitrogens with one attached hydrogen (secondary N) is 1. The Hall–Kier alpha value is -2.80. The Kier molecular flexibility index (Phi) is 4.28. The standard InChI is InChI=1S/C16H16N4O5S/c1-16(2)12(15(24)25)20-13(23)11(14(20)26-16)18-10(22)7-19-4-3-9(21)8(5-17)6-19/h3-4,6,11-12,14H,7H2,1-2H3,(H,18,22)(H,24,25)/t11-,12+,14-/m1/s1. The third kappa shape index (κ3) is 2.84. The molecular formula is C16H16N4O5S. The molecule has 26 heavy (non-hydrogen) atoms. The van der Waals surface area contributed by atoms with E-state index in [4.69, 9.17) is 5.26 Å². The fraction of sp³-hybridized carbons (Fsp3) is 0.438. The summed E-state index contributed by atoms with van der Waals surface area (Å²) in [4.78, 5) is 48.7. The van der Waals surface area contributed by atoms with Crippen LogP contribution < -0.4 is 10.7 Å². The van der Waals surface area contributed by atoms with Gasteiger partial charge in [-0.3, -0.25) is 14.4 Å². The van der Waals surface area contributed by atoms with Crippen molar-refractivity contribution in [3.63, 3.8) is 0 Å². The molecule has 9 nitrogen and oxygen atoms in total. The van der Waals surface area contributed by atoms with E-state index in [1.165, 1.54) is 39.7 Å². The monoisotopic (exact) mass is 376 g/mol. The number of pyridine rings is 1. The summed E-state index contributed by atoms with van der Waals surface area (Å²) in [6.45, 7) is 3.34. The number of aliphatic carboxylic acids is 1. The molecule has 2 aliphatic heterocycles. The molecule has 1 aromatic heterocycles. The van der Waals surface area contributed by atoms with Crippen molar-refractivity contribution in [2.24, 2.45) is 0 Å². The van der Waals surface area contributed by atoms with Gasteiger partial charge in [-0.05, 0) is 13.8 Å². The van der Waals surface area contributed by atoms with Gasteiger partial charge in [-0.25, -0.2) is 4.79 Å². The van der Waals surface area contributed by atoms with E-state index in [2.05, 4.69) is 5.32 Å². The Morgan fingerprint density at radius 2 is 2.12 bits per heavy atom. The van der Waals surface area contributed by atoms with Gasteiger partial charge >= 0.3 is 5.97 Å². The molecule has 0 aromatic carbocycles. The molecule has 10 heteroatoms. The molecule has 0 spiro atoms. The fourth-order valence-electron chi connectivity index (χ4n) is 3.24. The van der Waals surface area contributed by atoms with Crippen LogP contribution in [0.5, 0.6) is 0 Å². The van der Waals surface area contributed by atoms with Gasteiger partial charge in [0.25, 0.3) is 0 Å². The summed E-state index contributed by atoms with van der Waals surface area (Å²) in [7, 11) is 0. The summed E-state index contributed by atoms with van der Waals surface area (Å²) in [5, 5.41) is 20.4. The van der Waals surface area contributed by atoms with Crippen molar-refractivity contribution in [1.82, 2.24) is 14.8 Å². The molecule has 3 atom stereocenters. The van der Waals surface area contributed by atoms with Crippen LogP contribution in [0.2, 0.25) is 0 Å². The van der Waals surface area contributed by atoms with Crippen LogP contribution in [0.25, 0.3) is 0 Å². The van der Waals surface area contributed by atoms with Crippen LogP contribution in [0.1, 0.15) is 19.4 Å². The van der Waals surface area contributed by atoms with Crippen LogP contribution in [-0.4, -0.2) is 54.6 Å². The summed E-state index contributed by atoms with van der Waals surface area (Å²) in [5.74, 6) is -1.96. The third-order valence-electron chi connectivity index (χ3n) is 4.42. The smallest absolute Gasteiger partial charge is 0.327 e. The minimum atomic E-state index is -1.07. The molecule has 0 radical (unpaired) electrons. The zero-order valence-corrected chi connectivity index (χ0v) is 14.8. The third-order valence-corrected chi connectivity index (χ3v) is 5.99. The SMILES string of the molecule is CC1(C)S[C@@H]2[C@H](NC(=O)Cn3ccc(=O)c(C#N)c3)C(=O)N2[C@H]1C(=O)O. The number of carbonyl (C=O) groups is 3. The molecule has 2 aliphatic rings. The lowest BCUT2D eigenvalue weighted by atomic mass is 9.96. The maximum absolute atomic E-state index is 12.3. The highest BCUT2D eigenvalue weighted by Gasteiger charge is 2.64. The van der Waals surface area contributed by atoms with Crippen LogP contribution >= 0.6 is 11.8 Å². The zero-order chi connectivity index (χ0) is 19.2. The van der Waals surface area contributed by atoms with E-state index in [9.17, 15) is 24.3 Å². The topological polar surface area (TPSA) is 132 Å². The molecule has 0 bridgehead atoms. The number of nitriles is 1. The lowest BCUT2D eigenvalue weighted by Crippen LogP contribution is -2.70. The first-order valence-corrected chi connectivity index (χ1v) is 8.66. The van der Waals surface area contributed by atoms with Crippen LogP contribution in [0, 0.1) is 11.3 Å². The summed E-state index contributed by atoms with van der Waals surface area (Å²) < 4.78 is 0.716. The molecule has 2 saturated heterocycles. The van der Waals surface area contributed by atoms with E-state index >= 15 is 0 Å². The number of rotatable bonds is 4. The highest BCUT2D eigenvalue weighted by atomic mass is 32.2. The predicted octanol–water partition coefficient (Wildman–Crippen LogP) is -0.648. The van der Waals surface area contributed by atoms with Crippen LogP contribution in [-0.2, 0) is 20.9 Å². The number of carbonyl (C=O) groups excluding carboxylic acids is 2. The van der Waals surface area contributed by atoms with E-state index in [0.29, 0.717) is 0 Å². The molecule has 3 heterocycles. The second kappa shape index (κ2) is 6.17. The molecule has 2 amide bonds. The Balaban J connectivity index is 1.69. The molecule has 0 unspecified atom stereocenters. The molecule has 1 aromatic rings. The van der Waals surface area contributed by atoms with E-state index in [-0.39, 0.29) is 12.1 Å². The van der Waals surface area contributed by atoms with Crippen LogP contribution in [0.4, 0.5) is 0 Å². The van der Waals surface area contributed by atoms with Crippen LogP contribution in [0.3, 0.4) is 0 Å². The molecule has 2 N–H and O–H groups in total. The number of amides is 2. The van der Waals surface area contributed by atoms with E-state index in [1.807, 2.05) is 0 Å². The van der Waals surface area contributed by atoms with Crippen molar-refractivity contribution < 1.29 is 19.5 Å². The summed E-state index contributed by atoms with van der Waals surface area (Å²) in [6.07, 6.45) is 2.65. The number of carboxylic acid groups (broad SMARTS) is 1. The van der Waals surface area contributed by atoms with Gasteiger partial charge in [0.1, 0.15) is 35.6 Å². The zero-order valence-electron chi connectivity index (χ0n) is 14.0. The second-order valence-corrected chi connectivity index (χ2v) is 8.42. The first-order valence-electron chi connectivity index (χ1n) is 7.78. The normalized spacial score (nSPS) is 25.8. The lowest BCUT2D eigenvalue weighted by molar-refractivity contribution is -0.161. The molecule has 0 aliphatic carbocycles. The number of hydrogen-bond acceptors (Lipinski definition) is 6. The van der Waals surface area contributed by atoms with Crippen molar-refractivity contribution in [3.05, 3.63) is 34.2 Å². The highest BCUT2D eigenvalue weighted by Crippen LogP contribution is 2.50. The Morgan fingerprint density at radius 1 is 1.42 bits per heavy atom. The first-order chi connectivity index (χ1) is 12.2. The highest BCUT2D eigenvalue weighted by molar-refractivity contribution is 8.01. The van der Waals surface area contributed by atoms with Crippen molar-refractivity contribution in [1.29, 1.82) is 5.26 Å². The Morgan fingerprint density at radius 3 is 2.73 bits per heavy atom. The molecule has 136 valence electrons. The second-order valence-electron chi connectivity index (χ2n) is 6.65. The number of aromatic nitrogens is 1. The average Bonchev–Trinajstić information content (AvgIpc) is 2.82. The first kappa shape index (κ1) is 18.0. The Bertz CT molecular complexity index is 903. The van der Waals surface area contributed by atoms with Gasteiger partial charge in [0.15, 0.2) is 5.43 Å². The van der Waals surface area contributed by atoms with E-state index in [0.717, 1.165) is 0 Å². The summed E-state index contributed by atoms with van der Waals surface area (Å²) in [5.41, 5.74) is -0.512. The van der Waals surface area contributed by atoms with Gasteiger partial charge in [0.2, 0.25) is 11.8 Å². The number of hydrogen-bond donors (Lipinski definition) is 2. The number of nitrogens with zero attached hydrogens (tertiary/aromatic N) is 3. The number of thioether (sulfide) groups is 1. The predicted molar refractivity (Wildman–Crippen MR) is 91.1 cm³/mol. The minimum absolute atomic E-state index is 0.0800. The summed E-state index contributed by atoms with van der Waals surface area (Å²) >= 11 is 1.34. The van der Waals surface area contributed by atoms with Crippen molar-refractivity contribution in [3.8, 4) is 6.07 Å². The Labute approximate surface area is 152 Å². The van der Waals surface area contributed by atoms with Crippen molar-refractivity contribution >= 4 is 29.5 Å². The minimum Gasteiger partial charge on any atom is -0.480 e. The fourth-order valence-corrected chi connectivity index (χ4v) is 4.86. The van der Waals surface area contributed by atoms with Crippen molar-refractivity contribution in [2.45, 2.75) is 42.6 Å². The van der Waals surface area contributed by atoms with Gasteiger partial charge < -0.3 is 19.9 Å². The van der Waals surface area contributed by atoms with Gasteiger partial charge in [0.05, 0.1) is 0 Å². The van der Waals surface area contributed by atoms with E-state index < -0.39 is 45.4 Å². The molecule has 3 rings (SSSR count). The maximum atomic E-state index is 12.3. The number of β-lactam (4-membered cyclic amide) rings is 1. The van der Waals surface area contributed by atoms with Gasteiger partial charge in [-0.2, -0.15) is 5.26 Å². The van der Waals surface area contributed by atoms with Gasteiger partial charge in [-0.1, -0.05) is 0 Å². The lowest BCUT2D eigenvalue weighted by Gasteiger charge is -2.43. The van der Waals surface area contributed by atoms with Gasteiger partial charge in [0, 0.05) is 23.2 Å². The maximum Gasteiger partial charge on any atom is 0.327 e. The molecule has 0 saturated carbocycles. The van der Waals surface area contributed by atoms with E-state index in [1.54, 1.807) is 19.9 Å². The van der Waals surface area contributed by atoms with Crippen molar-refractivity contribution in [2.75, 3.05) is 0 Å². The number of carboxylic acids is 1. The quantitative estimate of drug-likeness (QED) is 0.667.